The molecule has 3 nitrogen and oxygen atoms in total. The Morgan fingerprint density at radius 2 is 2.06 bits per heavy atom. The molecule has 0 saturated heterocycles. The SMILES string of the molecule is CC1(C)SC(c2ccc(F)cc2)=NC1CC(=O)O. The lowest BCUT2D eigenvalue weighted by Gasteiger charge is -2.22. The largest absolute Gasteiger partial charge is 0.481 e. The molecule has 1 aliphatic heterocycles. The minimum absolute atomic E-state index is 0.0185. The van der Waals surface area contributed by atoms with Crippen molar-refractivity contribution in [3.8, 4) is 0 Å². The van der Waals surface area contributed by atoms with Gasteiger partial charge in [-0.3, -0.25) is 9.79 Å². The molecule has 18 heavy (non-hydrogen) atoms. The minimum Gasteiger partial charge on any atom is -0.481 e. The van der Waals surface area contributed by atoms with Crippen molar-refractivity contribution in [3.63, 3.8) is 0 Å². The molecule has 1 N–H and O–H groups in total. The average molecular weight is 267 g/mol. The van der Waals surface area contributed by atoms with Crippen LogP contribution in [0, 0.1) is 5.82 Å². The number of rotatable bonds is 3. The molecule has 1 atom stereocenters. The summed E-state index contributed by atoms with van der Waals surface area (Å²) in [5, 5.41) is 9.65. The van der Waals surface area contributed by atoms with Gasteiger partial charge in [-0.05, 0) is 38.1 Å². The van der Waals surface area contributed by atoms with E-state index in [0.717, 1.165) is 10.6 Å². The number of aliphatic imine (C=N–C) groups is 1. The summed E-state index contributed by atoms with van der Waals surface area (Å²) in [7, 11) is 0. The summed E-state index contributed by atoms with van der Waals surface area (Å²) in [6, 6.07) is 5.85. The van der Waals surface area contributed by atoms with E-state index in [4.69, 9.17) is 5.11 Å². The first-order chi connectivity index (χ1) is 8.38. The Labute approximate surface area is 109 Å². The van der Waals surface area contributed by atoms with Crippen LogP contribution < -0.4 is 0 Å². The van der Waals surface area contributed by atoms with Gasteiger partial charge in [0, 0.05) is 10.3 Å². The fourth-order valence-electron chi connectivity index (χ4n) is 1.82. The van der Waals surface area contributed by atoms with E-state index in [1.807, 2.05) is 13.8 Å². The van der Waals surface area contributed by atoms with E-state index in [9.17, 15) is 9.18 Å². The zero-order valence-corrected chi connectivity index (χ0v) is 11.0. The Morgan fingerprint density at radius 3 is 2.61 bits per heavy atom. The molecule has 0 amide bonds. The molecule has 0 spiro atoms. The van der Waals surface area contributed by atoms with Gasteiger partial charge in [-0.2, -0.15) is 0 Å². The third-order valence-electron chi connectivity index (χ3n) is 2.89. The average Bonchev–Trinajstić information content (AvgIpc) is 2.54. The van der Waals surface area contributed by atoms with Crippen LogP contribution in [0.5, 0.6) is 0 Å². The van der Waals surface area contributed by atoms with Gasteiger partial charge in [0.05, 0.1) is 17.5 Å². The van der Waals surface area contributed by atoms with Gasteiger partial charge in [-0.1, -0.05) is 11.8 Å². The van der Waals surface area contributed by atoms with Crippen LogP contribution in [0.1, 0.15) is 25.8 Å². The van der Waals surface area contributed by atoms with Crippen molar-refractivity contribution in [2.45, 2.75) is 31.1 Å². The van der Waals surface area contributed by atoms with Crippen molar-refractivity contribution in [2.24, 2.45) is 4.99 Å². The van der Waals surface area contributed by atoms with Crippen LogP contribution in [0.3, 0.4) is 0 Å². The molecule has 0 aromatic heterocycles. The third-order valence-corrected chi connectivity index (χ3v) is 4.23. The van der Waals surface area contributed by atoms with E-state index in [1.165, 1.54) is 12.1 Å². The van der Waals surface area contributed by atoms with E-state index in [1.54, 1.807) is 23.9 Å². The van der Waals surface area contributed by atoms with Crippen molar-refractivity contribution in [2.75, 3.05) is 0 Å². The van der Waals surface area contributed by atoms with Gasteiger partial charge >= 0.3 is 5.97 Å². The van der Waals surface area contributed by atoms with Crippen LogP contribution in [-0.4, -0.2) is 26.9 Å². The minimum atomic E-state index is -0.849. The Bertz CT molecular complexity index is 496. The topological polar surface area (TPSA) is 49.7 Å². The van der Waals surface area contributed by atoms with E-state index in [2.05, 4.69) is 4.99 Å². The molecule has 1 unspecified atom stereocenters. The van der Waals surface area contributed by atoms with Gasteiger partial charge in [0.1, 0.15) is 5.82 Å². The summed E-state index contributed by atoms with van der Waals surface area (Å²) >= 11 is 1.54. The number of aliphatic carboxylic acids is 1. The Balaban J connectivity index is 2.25. The fourth-order valence-corrected chi connectivity index (χ4v) is 3.03. The predicted octanol–water partition coefficient (Wildman–Crippen LogP) is 2.94. The van der Waals surface area contributed by atoms with Gasteiger partial charge in [-0.25, -0.2) is 4.39 Å². The van der Waals surface area contributed by atoms with Gasteiger partial charge in [0.2, 0.25) is 0 Å². The van der Waals surface area contributed by atoms with Crippen LogP contribution >= 0.6 is 11.8 Å². The van der Waals surface area contributed by atoms with Crippen molar-refractivity contribution in [1.29, 1.82) is 0 Å². The first-order valence-corrected chi connectivity index (χ1v) is 6.45. The maximum Gasteiger partial charge on any atom is 0.305 e. The maximum absolute atomic E-state index is 12.8. The normalized spacial score (nSPS) is 21.7. The third kappa shape index (κ3) is 2.72. The van der Waals surface area contributed by atoms with E-state index < -0.39 is 5.97 Å². The highest BCUT2D eigenvalue weighted by Crippen LogP contribution is 2.41. The lowest BCUT2D eigenvalue weighted by Crippen LogP contribution is -2.29. The maximum atomic E-state index is 12.8. The van der Waals surface area contributed by atoms with Crippen LogP contribution in [0.4, 0.5) is 4.39 Å². The summed E-state index contributed by atoms with van der Waals surface area (Å²) < 4.78 is 12.6. The first kappa shape index (κ1) is 13.1. The summed E-state index contributed by atoms with van der Waals surface area (Å²) in [4.78, 5) is 15.3. The molecule has 1 aromatic rings. The van der Waals surface area contributed by atoms with Gasteiger partial charge in [-0.15, -0.1) is 0 Å². The number of hydrogen-bond acceptors (Lipinski definition) is 3. The Morgan fingerprint density at radius 1 is 1.44 bits per heavy atom. The highest BCUT2D eigenvalue weighted by molar-refractivity contribution is 8.15. The van der Waals surface area contributed by atoms with E-state index in [-0.39, 0.29) is 23.0 Å². The molecule has 0 aliphatic carbocycles. The number of thioether (sulfide) groups is 1. The van der Waals surface area contributed by atoms with E-state index in [0.29, 0.717) is 0 Å². The van der Waals surface area contributed by atoms with Crippen molar-refractivity contribution < 1.29 is 14.3 Å². The van der Waals surface area contributed by atoms with Crippen LogP contribution in [0.2, 0.25) is 0 Å². The first-order valence-electron chi connectivity index (χ1n) is 5.63. The number of carboxylic acid groups (broad SMARTS) is 1. The van der Waals surface area contributed by atoms with Crippen LogP contribution in [0.15, 0.2) is 29.3 Å². The number of nitrogens with zero attached hydrogens (tertiary/aromatic N) is 1. The number of carboxylic acids is 1. The standard InChI is InChI=1S/C13H14FNO2S/c1-13(2)10(7-11(16)17)15-12(18-13)8-3-5-9(14)6-4-8/h3-6,10H,7H2,1-2H3,(H,16,17). The Kier molecular flexibility index (Phi) is 3.43. The predicted molar refractivity (Wildman–Crippen MR) is 70.6 cm³/mol. The molecular weight excluding hydrogens is 253 g/mol. The number of benzene rings is 1. The summed E-state index contributed by atoms with van der Waals surface area (Å²) in [6.45, 7) is 3.95. The second kappa shape index (κ2) is 4.72. The number of halogens is 1. The molecule has 0 fully saturated rings. The van der Waals surface area contributed by atoms with Crippen LogP contribution in [0.25, 0.3) is 0 Å². The fraction of sp³-hybridized carbons (Fsp3) is 0.385. The monoisotopic (exact) mass is 267 g/mol. The zero-order valence-electron chi connectivity index (χ0n) is 10.2. The zero-order chi connectivity index (χ0) is 13.3. The quantitative estimate of drug-likeness (QED) is 0.916. The number of carbonyl (C=O) groups is 1. The van der Waals surface area contributed by atoms with Crippen molar-refractivity contribution >= 4 is 22.8 Å². The smallest absolute Gasteiger partial charge is 0.305 e. The lowest BCUT2D eigenvalue weighted by molar-refractivity contribution is -0.137. The molecule has 1 aliphatic rings. The summed E-state index contributed by atoms with van der Waals surface area (Å²) in [6.07, 6.45) is 0.0185. The molecule has 2 rings (SSSR count). The molecule has 0 bridgehead atoms. The molecule has 1 aromatic carbocycles. The van der Waals surface area contributed by atoms with Gasteiger partial charge < -0.3 is 5.11 Å². The Hall–Kier alpha value is -1.36. The van der Waals surface area contributed by atoms with Crippen LogP contribution in [-0.2, 0) is 4.79 Å². The van der Waals surface area contributed by atoms with Crippen molar-refractivity contribution in [1.82, 2.24) is 0 Å². The number of hydrogen-bond donors (Lipinski definition) is 1. The second-order valence-corrected chi connectivity index (χ2v) is 6.40. The molecular formula is C13H14FNO2S. The summed E-state index contributed by atoms with van der Waals surface area (Å²) in [5.74, 6) is -1.14. The van der Waals surface area contributed by atoms with E-state index >= 15 is 0 Å². The molecule has 0 radical (unpaired) electrons. The van der Waals surface area contributed by atoms with Gasteiger partial charge in [0.15, 0.2) is 0 Å². The van der Waals surface area contributed by atoms with Gasteiger partial charge in [0.25, 0.3) is 0 Å². The molecule has 1 heterocycles. The second-order valence-electron chi connectivity index (χ2n) is 4.76. The highest BCUT2D eigenvalue weighted by atomic mass is 32.2. The van der Waals surface area contributed by atoms with Crippen molar-refractivity contribution in [3.05, 3.63) is 35.6 Å². The highest BCUT2D eigenvalue weighted by Gasteiger charge is 2.38. The summed E-state index contributed by atoms with van der Waals surface area (Å²) in [5.41, 5.74) is 0.836. The molecule has 0 saturated carbocycles. The lowest BCUT2D eigenvalue weighted by atomic mass is 10.0. The molecule has 5 heteroatoms. The molecule has 96 valence electrons.